The first-order chi connectivity index (χ1) is 16.0. The number of carbonyl (C=O) groups is 2. The molecule has 1 aromatic heterocycles. The highest BCUT2D eigenvalue weighted by atomic mass is 16.4. The van der Waals surface area contributed by atoms with Crippen molar-refractivity contribution < 1.29 is 14.0 Å². The van der Waals surface area contributed by atoms with E-state index in [0.29, 0.717) is 29.4 Å². The van der Waals surface area contributed by atoms with Gasteiger partial charge in [0.25, 0.3) is 5.89 Å². The Morgan fingerprint density at radius 2 is 1.58 bits per heavy atom. The van der Waals surface area contributed by atoms with Crippen molar-refractivity contribution in [3.63, 3.8) is 0 Å². The van der Waals surface area contributed by atoms with Gasteiger partial charge in [0.05, 0.1) is 5.41 Å². The Balaban J connectivity index is 1.72. The van der Waals surface area contributed by atoms with Crippen LogP contribution in [0.25, 0.3) is 11.1 Å². The fourth-order valence-electron chi connectivity index (χ4n) is 6.63. The second-order valence-electron chi connectivity index (χ2n) is 10.6. The summed E-state index contributed by atoms with van der Waals surface area (Å²) in [6, 6.07) is 7.46. The van der Waals surface area contributed by atoms with E-state index in [1.54, 1.807) is 0 Å². The molecule has 0 unspecified atom stereocenters. The first kappa shape index (κ1) is 24.0. The number of primary amides is 1. The molecule has 0 bridgehead atoms. The van der Waals surface area contributed by atoms with Gasteiger partial charge >= 0.3 is 0 Å². The van der Waals surface area contributed by atoms with Gasteiger partial charge in [-0.1, -0.05) is 89.7 Å². The normalized spacial score (nSPS) is 19.5. The maximum atomic E-state index is 14.0. The van der Waals surface area contributed by atoms with Crippen LogP contribution in [0.2, 0.25) is 0 Å². The molecule has 1 aromatic carbocycles. The van der Waals surface area contributed by atoms with Crippen LogP contribution in [0.1, 0.15) is 108 Å². The lowest BCUT2D eigenvalue weighted by atomic mass is 9.59. The largest absolute Gasteiger partial charge is 0.434 e. The van der Waals surface area contributed by atoms with Crippen LogP contribution in [-0.2, 0) is 4.79 Å². The fourth-order valence-corrected chi connectivity index (χ4v) is 6.63. The van der Waals surface area contributed by atoms with E-state index in [1.807, 2.05) is 24.3 Å². The third kappa shape index (κ3) is 5.33. The predicted molar refractivity (Wildman–Crippen MR) is 131 cm³/mol. The summed E-state index contributed by atoms with van der Waals surface area (Å²) in [6.45, 7) is 2.08. The monoisotopic (exact) mass is 452 g/mol. The molecular formula is C28H40N2O3. The standard InChI is InChI=1S/C28H40N2O3/c1-2-11-22(25(31)26-30-23-16-9-10-17-24(23)33-26)28(27(29)32,18-20-12-5-3-6-13-20)19-21-14-7-4-8-15-21/h9-10,16-17,20-22H,2-8,11-15,18-19H2,1H3,(H2,29,32)/t22-/m1/s1. The molecule has 0 spiro atoms. The Morgan fingerprint density at radius 1 is 1.00 bits per heavy atom. The molecule has 1 heterocycles. The maximum absolute atomic E-state index is 14.0. The first-order valence-electron chi connectivity index (χ1n) is 13.2. The number of fused-ring (bicyclic) bond motifs is 1. The molecule has 2 aliphatic rings. The summed E-state index contributed by atoms with van der Waals surface area (Å²) in [5, 5.41) is 0. The average Bonchev–Trinajstić information content (AvgIpc) is 3.27. The zero-order valence-corrected chi connectivity index (χ0v) is 20.2. The Morgan fingerprint density at radius 3 is 2.09 bits per heavy atom. The number of benzene rings is 1. The number of rotatable bonds is 10. The third-order valence-corrected chi connectivity index (χ3v) is 8.31. The van der Waals surface area contributed by atoms with E-state index in [1.165, 1.54) is 38.5 Å². The second-order valence-corrected chi connectivity index (χ2v) is 10.6. The SMILES string of the molecule is CCC[C@H](C(=O)c1nc2ccccc2o1)C(CC1CCCCC1)(CC1CCCCC1)C(N)=O. The van der Waals surface area contributed by atoms with Crippen molar-refractivity contribution in [3.8, 4) is 0 Å². The van der Waals surface area contributed by atoms with E-state index in [9.17, 15) is 9.59 Å². The van der Waals surface area contributed by atoms with Crippen molar-refractivity contribution >= 4 is 22.8 Å². The Labute approximate surface area is 197 Å². The number of aromatic nitrogens is 1. The van der Waals surface area contributed by atoms with Gasteiger partial charge in [-0.25, -0.2) is 4.98 Å². The summed E-state index contributed by atoms with van der Waals surface area (Å²) < 4.78 is 5.90. The third-order valence-electron chi connectivity index (χ3n) is 8.31. The van der Waals surface area contributed by atoms with E-state index in [-0.39, 0.29) is 17.6 Å². The van der Waals surface area contributed by atoms with Gasteiger partial charge in [0.1, 0.15) is 5.52 Å². The van der Waals surface area contributed by atoms with E-state index in [0.717, 1.165) is 44.9 Å². The highest BCUT2D eigenvalue weighted by Crippen LogP contribution is 2.49. The van der Waals surface area contributed by atoms with Crippen LogP contribution < -0.4 is 5.73 Å². The van der Waals surface area contributed by atoms with E-state index >= 15 is 0 Å². The van der Waals surface area contributed by atoms with Gasteiger partial charge in [0.15, 0.2) is 5.58 Å². The van der Waals surface area contributed by atoms with Crippen LogP contribution in [0.3, 0.4) is 0 Å². The number of carbonyl (C=O) groups excluding carboxylic acids is 2. The Hall–Kier alpha value is -2.17. The topological polar surface area (TPSA) is 86.2 Å². The smallest absolute Gasteiger partial charge is 0.264 e. The minimum atomic E-state index is -0.822. The fraction of sp³-hybridized carbons (Fsp3) is 0.679. The molecular weight excluding hydrogens is 412 g/mol. The van der Waals surface area contributed by atoms with E-state index in [2.05, 4.69) is 11.9 Å². The molecule has 2 aliphatic carbocycles. The van der Waals surface area contributed by atoms with Crippen LogP contribution >= 0.6 is 0 Å². The lowest BCUT2D eigenvalue weighted by molar-refractivity contribution is -0.133. The molecule has 5 nitrogen and oxygen atoms in total. The number of ketones is 1. The molecule has 0 aliphatic heterocycles. The zero-order valence-electron chi connectivity index (χ0n) is 20.2. The van der Waals surface area contributed by atoms with E-state index in [4.69, 9.17) is 10.2 Å². The second kappa shape index (κ2) is 10.8. The number of nitrogens with zero attached hydrogens (tertiary/aromatic N) is 1. The molecule has 5 heteroatoms. The van der Waals surface area contributed by atoms with Crippen LogP contribution in [-0.4, -0.2) is 16.7 Å². The lowest BCUT2D eigenvalue weighted by Gasteiger charge is -2.43. The zero-order chi connectivity index (χ0) is 23.3. The van der Waals surface area contributed by atoms with Crippen molar-refractivity contribution in [2.75, 3.05) is 0 Å². The van der Waals surface area contributed by atoms with Gasteiger partial charge in [0.2, 0.25) is 11.7 Å². The molecule has 2 fully saturated rings. The number of hydrogen-bond donors (Lipinski definition) is 1. The summed E-state index contributed by atoms with van der Waals surface area (Å²) in [5.41, 5.74) is 6.76. The van der Waals surface area contributed by atoms with Crippen molar-refractivity contribution in [1.29, 1.82) is 0 Å². The molecule has 2 saturated carbocycles. The van der Waals surface area contributed by atoms with Crippen molar-refractivity contribution in [3.05, 3.63) is 30.2 Å². The maximum Gasteiger partial charge on any atom is 0.264 e. The minimum absolute atomic E-state index is 0.132. The number of nitrogens with two attached hydrogens (primary N) is 1. The highest BCUT2D eigenvalue weighted by molar-refractivity contribution is 5.99. The molecule has 1 atom stereocenters. The molecule has 4 rings (SSSR count). The molecule has 180 valence electrons. The number of amides is 1. The van der Waals surface area contributed by atoms with Crippen LogP contribution in [0, 0.1) is 23.2 Å². The molecule has 2 aromatic rings. The van der Waals surface area contributed by atoms with Crippen molar-refractivity contribution in [2.45, 2.75) is 96.8 Å². The summed E-state index contributed by atoms with van der Waals surface area (Å²) in [4.78, 5) is 31.9. The van der Waals surface area contributed by atoms with Crippen molar-refractivity contribution in [1.82, 2.24) is 4.98 Å². The minimum Gasteiger partial charge on any atom is -0.434 e. The van der Waals surface area contributed by atoms with Gasteiger partial charge in [-0.2, -0.15) is 0 Å². The Bertz CT molecular complexity index is 885. The molecule has 2 N–H and O–H groups in total. The predicted octanol–water partition coefficient (Wildman–Crippen LogP) is 6.84. The van der Waals surface area contributed by atoms with E-state index < -0.39 is 11.3 Å². The van der Waals surface area contributed by atoms with Crippen LogP contribution in [0.5, 0.6) is 0 Å². The molecule has 0 radical (unpaired) electrons. The van der Waals surface area contributed by atoms with Gasteiger partial charge < -0.3 is 10.2 Å². The Kier molecular flexibility index (Phi) is 7.87. The lowest BCUT2D eigenvalue weighted by Crippen LogP contribution is -2.49. The molecule has 33 heavy (non-hydrogen) atoms. The molecule has 0 saturated heterocycles. The summed E-state index contributed by atoms with van der Waals surface area (Å²) in [7, 11) is 0. The number of para-hydroxylation sites is 2. The number of Topliss-reactive ketones (excluding diaryl/α,β-unsaturated/α-hetero) is 1. The quantitative estimate of drug-likeness (QED) is 0.400. The summed E-state index contributed by atoms with van der Waals surface area (Å²) in [5.74, 6) is 0.153. The molecule has 1 amide bonds. The number of oxazole rings is 1. The summed E-state index contributed by atoms with van der Waals surface area (Å²) in [6.07, 6.45) is 14.8. The van der Waals surface area contributed by atoms with Gasteiger partial charge in [0, 0.05) is 5.92 Å². The average molecular weight is 453 g/mol. The summed E-state index contributed by atoms with van der Waals surface area (Å²) >= 11 is 0. The first-order valence-corrected chi connectivity index (χ1v) is 13.2. The van der Waals surface area contributed by atoms with Crippen LogP contribution in [0.4, 0.5) is 0 Å². The van der Waals surface area contributed by atoms with Crippen molar-refractivity contribution in [2.24, 2.45) is 28.9 Å². The number of hydrogen-bond acceptors (Lipinski definition) is 4. The highest BCUT2D eigenvalue weighted by Gasteiger charge is 2.50. The van der Waals surface area contributed by atoms with Gasteiger partial charge in [-0.05, 0) is 43.2 Å². The van der Waals surface area contributed by atoms with Crippen LogP contribution in [0.15, 0.2) is 28.7 Å². The van der Waals surface area contributed by atoms with Gasteiger partial charge in [-0.15, -0.1) is 0 Å². The van der Waals surface area contributed by atoms with Gasteiger partial charge in [-0.3, -0.25) is 9.59 Å².